The Morgan fingerprint density at radius 2 is 2.55 bits per heavy atom. The lowest BCUT2D eigenvalue weighted by molar-refractivity contribution is -0.0229. The molecule has 1 N–H and O–H groups in total. The second-order valence-electron chi connectivity index (χ2n) is 2.87. The van der Waals surface area contributed by atoms with Crippen molar-refractivity contribution in [2.75, 3.05) is 13.7 Å². The Labute approximate surface area is 69.6 Å². The van der Waals surface area contributed by atoms with Gasteiger partial charge in [-0.15, -0.1) is 0 Å². The molecule has 0 aromatic rings. The van der Waals surface area contributed by atoms with E-state index in [0.29, 0.717) is 0 Å². The van der Waals surface area contributed by atoms with Gasteiger partial charge in [-0.2, -0.15) is 0 Å². The number of hydrogen-bond donors (Lipinski definition) is 1. The van der Waals surface area contributed by atoms with E-state index >= 15 is 0 Å². The predicted molar refractivity (Wildman–Crippen MR) is 41.5 cm³/mol. The van der Waals surface area contributed by atoms with Crippen molar-refractivity contribution in [2.45, 2.75) is 25.1 Å². The van der Waals surface area contributed by atoms with Crippen molar-refractivity contribution < 1.29 is 14.6 Å². The van der Waals surface area contributed by atoms with Crippen LogP contribution in [0.2, 0.25) is 0 Å². The quantitative estimate of drug-likeness (QED) is 0.562. The first-order chi connectivity index (χ1) is 5.70. The van der Waals surface area contributed by atoms with Crippen molar-refractivity contribution in [3.8, 4) is 0 Å². The lowest BCUT2D eigenvalue weighted by atomic mass is 9.86. The summed E-state index contributed by atoms with van der Waals surface area (Å²) in [5.41, 5.74) is 0. The fourth-order valence-electron chi connectivity index (χ4n) is 1.43. The van der Waals surface area contributed by atoms with Gasteiger partial charge in [-0.1, -0.05) is 6.92 Å². The molecule has 0 amide bonds. The molecule has 2 radical (unpaired) electrons. The van der Waals surface area contributed by atoms with Gasteiger partial charge in [0.2, 0.25) is 1.43 Å². The molecule has 1 aliphatic rings. The molecule has 3 nitrogen and oxygen atoms in total. The number of methoxy groups -OCH3 is 1. The molecule has 4 atom stereocenters. The Balaban J connectivity index is 2.52. The van der Waals surface area contributed by atoms with Crippen molar-refractivity contribution in [2.24, 2.45) is 5.92 Å². The van der Waals surface area contributed by atoms with Crippen LogP contribution in [0.1, 0.15) is 6.92 Å². The third kappa shape index (κ3) is 1.58. The van der Waals surface area contributed by atoms with Crippen LogP contribution in [0.5, 0.6) is 0 Å². The minimum atomic E-state index is -0.310. The molecular formula is C7H13BO3. The van der Waals surface area contributed by atoms with E-state index in [4.69, 9.17) is 18.8 Å². The third-order valence-electron chi connectivity index (χ3n) is 2.17. The minimum Gasteiger partial charge on any atom is -0.394 e. The van der Waals surface area contributed by atoms with E-state index in [-0.39, 0.29) is 30.7 Å². The van der Waals surface area contributed by atoms with Crippen LogP contribution in [0.25, 0.3) is 0 Å². The van der Waals surface area contributed by atoms with Gasteiger partial charge < -0.3 is 14.6 Å². The van der Waals surface area contributed by atoms with Gasteiger partial charge in [0.15, 0.2) is 0 Å². The average Bonchev–Trinajstić information content (AvgIpc) is 2.29. The summed E-state index contributed by atoms with van der Waals surface area (Å²) in [4.78, 5) is 0. The fourth-order valence-corrected chi connectivity index (χ4v) is 1.43. The van der Waals surface area contributed by atoms with Crippen LogP contribution in [-0.4, -0.2) is 46.3 Å². The smallest absolute Gasteiger partial charge is 0.210 e. The van der Waals surface area contributed by atoms with Gasteiger partial charge in [-0.25, -0.2) is 0 Å². The first-order valence-corrected chi connectivity index (χ1v) is 3.72. The van der Waals surface area contributed by atoms with Gasteiger partial charge in [0, 0.05) is 19.0 Å². The molecule has 1 heterocycles. The molecule has 62 valence electrons. The SMILES string of the molecule is [2H]OC[C@H]1O[C@@H]([B])[C@@H](C)C1OC. The number of ether oxygens (including phenoxy) is 2. The second kappa shape index (κ2) is 3.56. The van der Waals surface area contributed by atoms with E-state index in [9.17, 15) is 0 Å². The molecule has 0 aromatic carbocycles. The highest BCUT2D eigenvalue weighted by Gasteiger charge is 2.38. The Morgan fingerprint density at radius 3 is 3.09 bits per heavy atom. The maximum absolute atomic E-state index is 6.59. The van der Waals surface area contributed by atoms with Gasteiger partial charge in [-0.05, 0) is 0 Å². The summed E-state index contributed by atoms with van der Waals surface area (Å²) in [6.07, 6.45) is -0.275. The minimum absolute atomic E-state index is 0.0645. The second-order valence-corrected chi connectivity index (χ2v) is 2.87. The normalized spacial score (nSPS) is 45.8. The first kappa shape index (κ1) is 7.59. The number of aliphatic hydroxyl groups excluding tert-OH is 1. The summed E-state index contributed by atoms with van der Waals surface area (Å²) in [5, 5.41) is 4.24. The highest BCUT2D eigenvalue weighted by Crippen LogP contribution is 2.26. The van der Waals surface area contributed by atoms with E-state index in [2.05, 4.69) is 5.11 Å². The van der Waals surface area contributed by atoms with Crippen LogP contribution in [0, 0.1) is 5.92 Å². The van der Waals surface area contributed by atoms with Crippen LogP contribution in [0.4, 0.5) is 0 Å². The highest BCUT2D eigenvalue weighted by atomic mass is 16.6. The molecule has 0 bridgehead atoms. The summed E-state index contributed by atoms with van der Waals surface area (Å²) >= 11 is 0. The van der Waals surface area contributed by atoms with Crippen molar-refractivity contribution in [3.63, 3.8) is 0 Å². The first-order valence-electron chi connectivity index (χ1n) is 4.13. The topological polar surface area (TPSA) is 38.7 Å². The van der Waals surface area contributed by atoms with Gasteiger partial charge in [0.05, 0.1) is 12.7 Å². The number of rotatable bonds is 3. The monoisotopic (exact) mass is 157 g/mol. The van der Waals surface area contributed by atoms with Crippen molar-refractivity contribution in [3.05, 3.63) is 0 Å². The van der Waals surface area contributed by atoms with E-state index in [1.807, 2.05) is 6.92 Å². The average molecular weight is 157 g/mol. The Hall–Kier alpha value is -0.0551. The Bertz CT molecular complexity index is 147. The standard InChI is InChI=1S/C7H13BO3/c1-4-6(10-2)5(3-9)11-7(4)8/h4-7,9H,3H2,1-2H3/t4-,5+,6?,7+/m0/s1/i9D. The molecule has 1 fully saturated rings. The Morgan fingerprint density at radius 1 is 1.82 bits per heavy atom. The number of hydrogen-bond acceptors (Lipinski definition) is 3. The maximum Gasteiger partial charge on any atom is 0.210 e. The highest BCUT2D eigenvalue weighted by molar-refractivity contribution is 6.11. The summed E-state index contributed by atoms with van der Waals surface area (Å²) in [6.45, 7) is 2.17. The van der Waals surface area contributed by atoms with Crippen molar-refractivity contribution >= 4 is 7.85 Å². The summed E-state index contributed by atoms with van der Waals surface area (Å²) in [7, 11) is 7.26. The van der Waals surface area contributed by atoms with E-state index in [1.165, 1.54) is 0 Å². The fraction of sp³-hybridized carbons (Fsp3) is 1.00. The van der Waals surface area contributed by atoms with Crippen LogP contribution in [0.3, 0.4) is 0 Å². The Kier molecular flexibility index (Phi) is 2.46. The van der Waals surface area contributed by atoms with Crippen LogP contribution >= 0.6 is 0 Å². The van der Waals surface area contributed by atoms with Crippen LogP contribution in [-0.2, 0) is 9.47 Å². The zero-order valence-corrected chi connectivity index (χ0v) is 6.82. The molecule has 0 saturated carbocycles. The van der Waals surface area contributed by atoms with Gasteiger partial charge >= 0.3 is 0 Å². The lowest BCUT2D eigenvalue weighted by Gasteiger charge is -2.17. The van der Waals surface area contributed by atoms with Gasteiger partial charge in [-0.3, -0.25) is 0 Å². The van der Waals surface area contributed by atoms with Crippen molar-refractivity contribution in [1.29, 1.82) is 1.43 Å². The third-order valence-corrected chi connectivity index (χ3v) is 2.17. The number of aliphatic hydroxyl groups is 1. The van der Waals surface area contributed by atoms with E-state index in [0.717, 1.165) is 0 Å². The van der Waals surface area contributed by atoms with E-state index in [1.54, 1.807) is 7.11 Å². The summed E-state index contributed by atoms with van der Waals surface area (Å²) < 4.78 is 17.1. The largest absolute Gasteiger partial charge is 0.394 e. The predicted octanol–water partition coefficient (Wildman–Crippen LogP) is -0.477. The zero-order chi connectivity index (χ0) is 9.14. The maximum atomic E-state index is 6.59. The summed E-state index contributed by atoms with van der Waals surface area (Å²) in [6, 6.07) is -0.310. The molecule has 0 aromatic heterocycles. The molecular weight excluding hydrogens is 143 g/mol. The molecule has 1 rings (SSSR count). The van der Waals surface area contributed by atoms with Gasteiger partial charge in [0.25, 0.3) is 0 Å². The van der Waals surface area contributed by atoms with E-state index < -0.39 is 0 Å². The van der Waals surface area contributed by atoms with Crippen LogP contribution in [0.15, 0.2) is 0 Å². The van der Waals surface area contributed by atoms with Gasteiger partial charge in [0.1, 0.15) is 14.0 Å². The summed E-state index contributed by atoms with van der Waals surface area (Å²) in [5.74, 6) is 0.148. The molecule has 1 aliphatic heterocycles. The molecule has 4 heteroatoms. The molecule has 11 heavy (non-hydrogen) atoms. The zero-order valence-electron chi connectivity index (χ0n) is 7.82. The molecule has 1 saturated heterocycles. The lowest BCUT2D eigenvalue weighted by Crippen LogP contribution is -2.30. The molecule has 0 spiro atoms. The molecule has 1 unspecified atom stereocenters. The molecule has 0 aliphatic carbocycles. The van der Waals surface area contributed by atoms with Crippen LogP contribution < -0.4 is 0 Å². The van der Waals surface area contributed by atoms with Crippen molar-refractivity contribution in [1.82, 2.24) is 0 Å².